The summed E-state index contributed by atoms with van der Waals surface area (Å²) in [5.74, 6) is 1.73. The van der Waals surface area contributed by atoms with Crippen molar-refractivity contribution in [2.24, 2.45) is 0 Å². The summed E-state index contributed by atoms with van der Waals surface area (Å²) < 4.78 is 4.32. The molecule has 0 radical (unpaired) electrons. The van der Waals surface area contributed by atoms with Crippen LogP contribution in [0.3, 0.4) is 0 Å². The third kappa shape index (κ3) is 2.68. The van der Waals surface area contributed by atoms with Crippen molar-refractivity contribution in [2.45, 2.75) is 58.4 Å². The van der Waals surface area contributed by atoms with Crippen LogP contribution < -0.4 is 10.3 Å². The number of fused-ring (bicyclic) bond motifs is 1. The third-order valence-electron chi connectivity index (χ3n) is 5.62. The van der Waals surface area contributed by atoms with E-state index in [9.17, 15) is 0 Å². The molecule has 1 fully saturated rings. The van der Waals surface area contributed by atoms with E-state index in [2.05, 4.69) is 28.0 Å². The Hall–Kier alpha value is -2.43. The fraction of sp³-hybridized carbons (Fsp3) is 0.450. The number of nitrogen functional groups attached to an aromatic ring is 1. The van der Waals surface area contributed by atoms with Gasteiger partial charge in [-0.05, 0) is 57.2 Å². The highest BCUT2D eigenvalue weighted by atomic mass is 15.2. The molecule has 0 bridgehead atoms. The summed E-state index contributed by atoms with van der Waals surface area (Å²) in [6.07, 6.45) is 11.4. The minimum Gasteiger partial charge on any atom is -0.318 e. The minimum absolute atomic E-state index is 0.470. The molecule has 130 valence electrons. The number of anilines is 1. The van der Waals surface area contributed by atoms with Gasteiger partial charge in [0.25, 0.3) is 0 Å². The second-order valence-corrected chi connectivity index (χ2v) is 7.11. The lowest BCUT2D eigenvalue weighted by atomic mass is 10.1. The average molecular weight is 336 g/mol. The average Bonchev–Trinajstić information content (AvgIpc) is 2.81. The first kappa shape index (κ1) is 16.1. The number of hydrogen-bond donors (Lipinski definition) is 1. The first-order valence-corrected chi connectivity index (χ1v) is 9.27. The Labute approximate surface area is 148 Å². The Bertz CT molecular complexity index is 890. The van der Waals surface area contributed by atoms with Gasteiger partial charge in [-0.3, -0.25) is 4.57 Å². The molecule has 0 unspecified atom stereocenters. The molecule has 4 rings (SSSR count). The van der Waals surface area contributed by atoms with Crippen LogP contribution in [-0.4, -0.2) is 14.5 Å². The van der Waals surface area contributed by atoms with E-state index < -0.39 is 0 Å². The Balaban J connectivity index is 1.89. The first-order chi connectivity index (χ1) is 12.2. The van der Waals surface area contributed by atoms with Gasteiger partial charge in [-0.1, -0.05) is 23.9 Å². The first-order valence-electron chi connectivity index (χ1n) is 9.27. The lowest BCUT2D eigenvalue weighted by Gasteiger charge is -2.15. The second-order valence-electron chi connectivity index (χ2n) is 7.11. The lowest BCUT2D eigenvalue weighted by molar-refractivity contribution is -0.712. The smallest absolute Gasteiger partial charge is 0.232 e. The number of aryl methyl sites for hydroxylation is 1. The largest absolute Gasteiger partial charge is 0.318 e. The predicted octanol–water partition coefficient (Wildman–Crippen LogP) is 3.80. The van der Waals surface area contributed by atoms with Gasteiger partial charge < -0.3 is 5.73 Å². The molecule has 0 aliphatic heterocycles. The van der Waals surface area contributed by atoms with Gasteiger partial charge in [0.05, 0.1) is 6.04 Å². The Kier molecular flexibility index (Phi) is 4.15. The molecule has 0 saturated heterocycles. The minimum atomic E-state index is 0.470. The maximum atomic E-state index is 6.65. The highest BCUT2D eigenvalue weighted by molar-refractivity contribution is 5.90. The standard InChI is InChI=1S/C20H25N5/c1-14-15(2)25(17-11-7-8-12-22-17)20-18(14)19(21)24(13-23-20)16-9-5-3-4-6-10-16/h7-8,11-13,16,21H,3-6,9-10H2,1-2H3/p+1. The van der Waals surface area contributed by atoms with Gasteiger partial charge in [-0.25, -0.2) is 9.55 Å². The Morgan fingerprint density at radius 2 is 1.84 bits per heavy atom. The summed E-state index contributed by atoms with van der Waals surface area (Å²) in [5.41, 5.74) is 9.88. The molecule has 25 heavy (non-hydrogen) atoms. The molecular formula is C20H26N5+. The van der Waals surface area contributed by atoms with Crippen LogP contribution in [0.2, 0.25) is 0 Å². The maximum Gasteiger partial charge on any atom is 0.232 e. The molecule has 0 amide bonds. The summed E-state index contributed by atoms with van der Waals surface area (Å²) in [6.45, 7) is 4.24. The van der Waals surface area contributed by atoms with Crippen molar-refractivity contribution < 1.29 is 4.57 Å². The highest BCUT2D eigenvalue weighted by Gasteiger charge is 2.26. The number of hydrogen-bond acceptors (Lipinski definition) is 3. The lowest BCUT2D eigenvalue weighted by Crippen LogP contribution is -2.42. The van der Waals surface area contributed by atoms with Crippen molar-refractivity contribution in [1.29, 1.82) is 0 Å². The zero-order valence-electron chi connectivity index (χ0n) is 15.1. The van der Waals surface area contributed by atoms with Crippen LogP contribution in [0.15, 0.2) is 30.7 Å². The second kappa shape index (κ2) is 6.47. The van der Waals surface area contributed by atoms with E-state index in [0.717, 1.165) is 28.4 Å². The fourth-order valence-electron chi connectivity index (χ4n) is 4.12. The number of nitrogens with zero attached hydrogens (tertiary/aromatic N) is 4. The SMILES string of the molecule is Cc1c(C)n(-c2ccccn2)c2nc[n+](C3CCCCCC3)c(N)c12. The van der Waals surface area contributed by atoms with Gasteiger partial charge >= 0.3 is 0 Å². The topological polar surface area (TPSA) is 60.6 Å². The van der Waals surface area contributed by atoms with E-state index in [1.165, 1.54) is 44.1 Å². The van der Waals surface area contributed by atoms with Gasteiger partial charge in [-0.2, -0.15) is 0 Å². The van der Waals surface area contributed by atoms with Crippen molar-refractivity contribution in [1.82, 2.24) is 14.5 Å². The predicted molar refractivity (Wildman–Crippen MR) is 99.7 cm³/mol. The molecule has 1 aliphatic carbocycles. The normalized spacial score (nSPS) is 16.2. The van der Waals surface area contributed by atoms with Crippen molar-refractivity contribution in [3.05, 3.63) is 42.0 Å². The number of pyridine rings is 1. The van der Waals surface area contributed by atoms with Crippen LogP contribution in [-0.2, 0) is 0 Å². The zero-order chi connectivity index (χ0) is 17.4. The van der Waals surface area contributed by atoms with E-state index in [0.29, 0.717) is 6.04 Å². The molecule has 0 spiro atoms. The Morgan fingerprint density at radius 1 is 1.08 bits per heavy atom. The zero-order valence-corrected chi connectivity index (χ0v) is 15.1. The molecule has 5 nitrogen and oxygen atoms in total. The summed E-state index contributed by atoms with van der Waals surface area (Å²) in [5, 5.41) is 1.06. The summed E-state index contributed by atoms with van der Waals surface area (Å²) in [6, 6.07) is 6.41. The Morgan fingerprint density at radius 3 is 2.52 bits per heavy atom. The van der Waals surface area contributed by atoms with Crippen LogP contribution >= 0.6 is 0 Å². The van der Waals surface area contributed by atoms with Gasteiger partial charge in [-0.15, -0.1) is 0 Å². The van der Waals surface area contributed by atoms with Crippen molar-refractivity contribution in [3.8, 4) is 5.82 Å². The van der Waals surface area contributed by atoms with E-state index >= 15 is 0 Å². The van der Waals surface area contributed by atoms with E-state index in [-0.39, 0.29) is 0 Å². The van der Waals surface area contributed by atoms with Crippen molar-refractivity contribution in [2.75, 3.05) is 5.73 Å². The maximum absolute atomic E-state index is 6.65. The molecule has 2 N–H and O–H groups in total. The van der Waals surface area contributed by atoms with Gasteiger partial charge in [0, 0.05) is 11.9 Å². The molecule has 0 atom stereocenters. The number of aromatic nitrogens is 4. The van der Waals surface area contributed by atoms with Crippen LogP contribution in [0.5, 0.6) is 0 Å². The molecule has 1 saturated carbocycles. The van der Waals surface area contributed by atoms with Crippen LogP contribution in [0.1, 0.15) is 55.8 Å². The monoisotopic (exact) mass is 336 g/mol. The fourth-order valence-corrected chi connectivity index (χ4v) is 4.12. The van der Waals surface area contributed by atoms with E-state index in [4.69, 9.17) is 10.7 Å². The highest BCUT2D eigenvalue weighted by Crippen LogP contribution is 2.31. The number of nitrogens with two attached hydrogens (primary N) is 1. The summed E-state index contributed by atoms with van der Waals surface area (Å²) in [7, 11) is 0. The molecule has 3 aromatic rings. The molecule has 0 aromatic carbocycles. The van der Waals surface area contributed by atoms with Crippen LogP contribution in [0.25, 0.3) is 16.9 Å². The van der Waals surface area contributed by atoms with Crippen molar-refractivity contribution >= 4 is 16.9 Å². The molecule has 3 aromatic heterocycles. The van der Waals surface area contributed by atoms with Crippen molar-refractivity contribution in [3.63, 3.8) is 0 Å². The summed E-state index contributed by atoms with van der Waals surface area (Å²) >= 11 is 0. The van der Waals surface area contributed by atoms with Crippen LogP contribution in [0.4, 0.5) is 5.82 Å². The van der Waals surface area contributed by atoms with E-state index in [1.807, 2.05) is 30.7 Å². The van der Waals surface area contributed by atoms with E-state index in [1.54, 1.807) is 0 Å². The van der Waals surface area contributed by atoms with Gasteiger partial charge in [0.2, 0.25) is 17.8 Å². The third-order valence-corrected chi connectivity index (χ3v) is 5.62. The number of rotatable bonds is 2. The van der Waals surface area contributed by atoms with Gasteiger partial charge in [0.1, 0.15) is 11.2 Å². The molecule has 5 heteroatoms. The summed E-state index contributed by atoms with van der Waals surface area (Å²) in [4.78, 5) is 9.31. The van der Waals surface area contributed by atoms with Gasteiger partial charge in [0.15, 0.2) is 0 Å². The molecule has 3 heterocycles. The molecule has 1 aliphatic rings. The quantitative estimate of drug-likeness (QED) is 0.572. The molecular weight excluding hydrogens is 310 g/mol. The van der Waals surface area contributed by atoms with Crippen LogP contribution in [0, 0.1) is 13.8 Å².